The van der Waals surface area contributed by atoms with Gasteiger partial charge in [0.2, 0.25) is 5.91 Å². The van der Waals surface area contributed by atoms with E-state index in [4.69, 9.17) is 5.11 Å². The SMILES string of the molecule is CCCC(=O)Nc1ccc([O-])cc1C(=O)O. The van der Waals surface area contributed by atoms with E-state index in [1.165, 1.54) is 12.1 Å². The molecule has 2 N–H and O–H groups in total. The first-order valence-electron chi connectivity index (χ1n) is 4.88. The summed E-state index contributed by atoms with van der Waals surface area (Å²) in [5, 5.41) is 22.3. The monoisotopic (exact) mass is 222 g/mol. The van der Waals surface area contributed by atoms with Crippen LogP contribution in [0.5, 0.6) is 5.75 Å². The van der Waals surface area contributed by atoms with Gasteiger partial charge in [0.1, 0.15) is 0 Å². The van der Waals surface area contributed by atoms with E-state index >= 15 is 0 Å². The number of carbonyl (C=O) groups excluding carboxylic acids is 1. The molecule has 1 aromatic rings. The molecular weight excluding hydrogens is 210 g/mol. The first-order chi connectivity index (χ1) is 7.54. The summed E-state index contributed by atoms with van der Waals surface area (Å²) in [6.45, 7) is 1.85. The molecule has 0 fully saturated rings. The smallest absolute Gasteiger partial charge is 0.337 e. The van der Waals surface area contributed by atoms with Gasteiger partial charge in [0.25, 0.3) is 0 Å². The van der Waals surface area contributed by atoms with Crippen LogP contribution < -0.4 is 10.4 Å². The quantitative estimate of drug-likeness (QED) is 0.800. The van der Waals surface area contributed by atoms with Gasteiger partial charge in [0.05, 0.1) is 11.3 Å². The topological polar surface area (TPSA) is 89.5 Å². The van der Waals surface area contributed by atoms with Crippen molar-refractivity contribution in [2.24, 2.45) is 0 Å². The van der Waals surface area contributed by atoms with Crippen LogP contribution in [0, 0.1) is 0 Å². The molecule has 0 heterocycles. The van der Waals surface area contributed by atoms with E-state index in [1.54, 1.807) is 0 Å². The third-order valence-corrected chi connectivity index (χ3v) is 1.97. The number of aromatic carboxylic acids is 1. The van der Waals surface area contributed by atoms with Gasteiger partial charge in [0, 0.05) is 6.42 Å². The lowest BCUT2D eigenvalue weighted by molar-refractivity contribution is -0.268. The van der Waals surface area contributed by atoms with Gasteiger partial charge in [-0.3, -0.25) is 4.79 Å². The highest BCUT2D eigenvalue weighted by molar-refractivity contribution is 6.00. The van der Waals surface area contributed by atoms with Crippen LogP contribution in [-0.2, 0) is 4.79 Å². The van der Waals surface area contributed by atoms with Crippen molar-refractivity contribution in [3.8, 4) is 5.75 Å². The predicted molar refractivity (Wildman–Crippen MR) is 56.4 cm³/mol. The fraction of sp³-hybridized carbons (Fsp3) is 0.273. The number of carboxylic acid groups (broad SMARTS) is 1. The number of nitrogens with one attached hydrogen (secondary N) is 1. The zero-order valence-electron chi connectivity index (χ0n) is 8.82. The highest BCUT2D eigenvalue weighted by atomic mass is 16.4. The molecule has 1 aromatic carbocycles. The molecule has 0 spiro atoms. The van der Waals surface area contributed by atoms with Gasteiger partial charge in [-0.2, -0.15) is 0 Å². The molecule has 5 heteroatoms. The van der Waals surface area contributed by atoms with Crippen molar-refractivity contribution in [2.75, 3.05) is 5.32 Å². The summed E-state index contributed by atoms with van der Waals surface area (Å²) in [4.78, 5) is 22.1. The third kappa shape index (κ3) is 2.98. The lowest BCUT2D eigenvalue weighted by Gasteiger charge is -2.11. The Balaban J connectivity index is 2.95. The average molecular weight is 222 g/mol. The molecule has 0 aliphatic rings. The Morgan fingerprint density at radius 2 is 2.12 bits per heavy atom. The summed E-state index contributed by atoms with van der Waals surface area (Å²) < 4.78 is 0. The highest BCUT2D eigenvalue weighted by Crippen LogP contribution is 2.20. The van der Waals surface area contributed by atoms with Crippen LogP contribution in [-0.4, -0.2) is 17.0 Å². The molecule has 0 radical (unpaired) electrons. The molecule has 0 saturated carbocycles. The van der Waals surface area contributed by atoms with Gasteiger partial charge < -0.3 is 15.5 Å². The largest absolute Gasteiger partial charge is 0.872 e. The number of hydrogen-bond donors (Lipinski definition) is 2. The van der Waals surface area contributed by atoms with Crippen LogP contribution in [0.3, 0.4) is 0 Å². The van der Waals surface area contributed by atoms with Crippen LogP contribution in [0.25, 0.3) is 0 Å². The maximum atomic E-state index is 11.3. The summed E-state index contributed by atoms with van der Waals surface area (Å²) in [5.41, 5.74) is -0.0255. The Bertz CT molecular complexity index is 414. The van der Waals surface area contributed by atoms with Gasteiger partial charge in [-0.1, -0.05) is 19.1 Å². The fourth-order valence-corrected chi connectivity index (χ4v) is 1.25. The van der Waals surface area contributed by atoms with Crippen molar-refractivity contribution >= 4 is 17.6 Å². The molecule has 0 aliphatic heterocycles. The van der Waals surface area contributed by atoms with Crippen molar-refractivity contribution in [1.29, 1.82) is 0 Å². The fourth-order valence-electron chi connectivity index (χ4n) is 1.25. The molecule has 0 bridgehead atoms. The number of anilines is 1. The molecule has 5 nitrogen and oxygen atoms in total. The van der Waals surface area contributed by atoms with Crippen molar-refractivity contribution in [2.45, 2.75) is 19.8 Å². The van der Waals surface area contributed by atoms with E-state index in [2.05, 4.69) is 5.32 Å². The Morgan fingerprint density at radius 1 is 1.44 bits per heavy atom. The first-order valence-corrected chi connectivity index (χ1v) is 4.88. The van der Waals surface area contributed by atoms with Gasteiger partial charge in [-0.15, -0.1) is 5.75 Å². The van der Waals surface area contributed by atoms with Crippen LogP contribution in [0.15, 0.2) is 18.2 Å². The van der Waals surface area contributed by atoms with Crippen LogP contribution >= 0.6 is 0 Å². The summed E-state index contributed by atoms with van der Waals surface area (Å²) in [5.74, 6) is -1.89. The molecule has 0 atom stereocenters. The maximum Gasteiger partial charge on any atom is 0.337 e. The van der Waals surface area contributed by atoms with Crippen LogP contribution in [0.4, 0.5) is 5.69 Å². The summed E-state index contributed by atoms with van der Waals surface area (Å²) in [6.07, 6.45) is 0.992. The predicted octanol–water partition coefficient (Wildman–Crippen LogP) is 1.20. The number of amides is 1. The maximum absolute atomic E-state index is 11.3. The molecule has 16 heavy (non-hydrogen) atoms. The molecule has 0 aromatic heterocycles. The lowest BCUT2D eigenvalue weighted by Crippen LogP contribution is -2.14. The number of rotatable bonds is 4. The van der Waals surface area contributed by atoms with Crippen molar-refractivity contribution in [1.82, 2.24) is 0 Å². The van der Waals surface area contributed by atoms with Gasteiger partial charge in [0.15, 0.2) is 0 Å². The minimum atomic E-state index is -1.23. The highest BCUT2D eigenvalue weighted by Gasteiger charge is 2.11. The number of benzene rings is 1. The molecule has 0 saturated heterocycles. The van der Waals surface area contributed by atoms with E-state index in [-0.39, 0.29) is 17.2 Å². The van der Waals surface area contributed by atoms with Crippen molar-refractivity contribution in [3.05, 3.63) is 23.8 Å². The molecule has 1 rings (SSSR count). The normalized spacial score (nSPS) is 9.81. The Labute approximate surface area is 92.7 Å². The molecular formula is C11H12NO4-. The summed E-state index contributed by atoms with van der Waals surface area (Å²) in [7, 11) is 0. The minimum absolute atomic E-state index is 0.158. The molecule has 0 aliphatic carbocycles. The molecule has 1 amide bonds. The van der Waals surface area contributed by atoms with E-state index in [9.17, 15) is 14.7 Å². The van der Waals surface area contributed by atoms with Gasteiger partial charge in [-0.05, 0) is 12.5 Å². The summed E-state index contributed by atoms with van der Waals surface area (Å²) in [6, 6.07) is 3.51. The molecule has 86 valence electrons. The zero-order valence-corrected chi connectivity index (χ0v) is 8.82. The first kappa shape index (κ1) is 12.0. The van der Waals surface area contributed by atoms with E-state index in [1.807, 2.05) is 6.92 Å². The van der Waals surface area contributed by atoms with Crippen molar-refractivity contribution < 1.29 is 19.8 Å². The minimum Gasteiger partial charge on any atom is -0.872 e. The zero-order chi connectivity index (χ0) is 12.1. The second-order valence-electron chi connectivity index (χ2n) is 3.31. The lowest BCUT2D eigenvalue weighted by atomic mass is 10.1. The Morgan fingerprint density at radius 3 is 2.69 bits per heavy atom. The van der Waals surface area contributed by atoms with E-state index < -0.39 is 11.7 Å². The number of carbonyl (C=O) groups is 2. The Hall–Kier alpha value is -2.04. The van der Waals surface area contributed by atoms with Gasteiger partial charge >= 0.3 is 5.97 Å². The van der Waals surface area contributed by atoms with Crippen molar-refractivity contribution in [3.63, 3.8) is 0 Å². The third-order valence-electron chi connectivity index (χ3n) is 1.97. The Kier molecular flexibility index (Phi) is 3.88. The van der Waals surface area contributed by atoms with E-state index in [0.29, 0.717) is 12.8 Å². The average Bonchev–Trinajstić information content (AvgIpc) is 2.20. The van der Waals surface area contributed by atoms with Crippen LogP contribution in [0.1, 0.15) is 30.1 Å². The summed E-state index contributed by atoms with van der Waals surface area (Å²) >= 11 is 0. The number of carboxylic acids is 1. The number of hydrogen-bond acceptors (Lipinski definition) is 3. The van der Waals surface area contributed by atoms with Gasteiger partial charge in [-0.25, -0.2) is 4.79 Å². The van der Waals surface area contributed by atoms with E-state index in [0.717, 1.165) is 6.07 Å². The standard InChI is InChI=1S/C11H13NO4/c1-2-3-10(14)12-9-5-4-7(13)6-8(9)11(15)16/h4-6,13H,2-3H2,1H3,(H,12,14)(H,15,16)/p-1. The second-order valence-corrected chi connectivity index (χ2v) is 3.31. The second kappa shape index (κ2) is 5.16. The van der Waals surface area contributed by atoms with Crippen LogP contribution in [0.2, 0.25) is 0 Å². The molecule has 0 unspecified atom stereocenters.